The van der Waals surface area contributed by atoms with Gasteiger partial charge in [0, 0.05) is 19.3 Å². The van der Waals surface area contributed by atoms with Crippen LogP contribution in [0.1, 0.15) is 303 Å². The highest BCUT2D eigenvalue weighted by Gasteiger charge is 2.19. The van der Waals surface area contributed by atoms with Gasteiger partial charge in [0.05, 0.1) is 0 Å². The largest absolute Gasteiger partial charge is 0.462 e. The van der Waals surface area contributed by atoms with Gasteiger partial charge in [-0.15, -0.1) is 0 Å². The Kier molecular flexibility index (Phi) is 59.8. The van der Waals surface area contributed by atoms with Crippen LogP contribution in [0.25, 0.3) is 0 Å². The molecule has 0 aromatic rings. The van der Waals surface area contributed by atoms with E-state index in [0.29, 0.717) is 19.3 Å². The van der Waals surface area contributed by atoms with Gasteiger partial charge in [-0.05, 0) is 103 Å². The minimum absolute atomic E-state index is 0.0858. The lowest BCUT2D eigenvalue weighted by Gasteiger charge is -2.18. The first-order valence-corrected chi connectivity index (χ1v) is 31.7. The molecule has 0 aromatic carbocycles. The van der Waals surface area contributed by atoms with Crippen molar-refractivity contribution in [2.24, 2.45) is 0 Å². The lowest BCUT2D eigenvalue weighted by molar-refractivity contribution is -0.167. The molecule has 0 rings (SSSR count). The van der Waals surface area contributed by atoms with Gasteiger partial charge >= 0.3 is 17.9 Å². The summed E-state index contributed by atoms with van der Waals surface area (Å²) in [6, 6.07) is 0. The number of carbonyl (C=O) groups is 3. The second-order valence-electron chi connectivity index (χ2n) is 20.9. The molecule has 0 aliphatic heterocycles. The summed E-state index contributed by atoms with van der Waals surface area (Å²) in [5, 5.41) is 0. The van der Waals surface area contributed by atoms with Gasteiger partial charge in [-0.25, -0.2) is 0 Å². The number of allylic oxidation sites excluding steroid dienone is 16. The van der Waals surface area contributed by atoms with E-state index in [1.165, 1.54) is 128 Å². The number of carbonyl (C=O) groups excluding carboxylic acids is 3. The predicted molar refractivity (Wildman–Crippen MR) is 325 cm³/mol. The van der Waals surface area contributed by atoms with Crippen molar-refractivity contribution in [2.45, 2.75) is 309 Å². The highest BCUT2D eigenvalue weighted by molar-refractivity contribution is 5.71. The summed E-state index contributed by atoms with van der Waals surface area (Å²) in [4.78, 5) is 38.3. The maximum atomic E-state index is 12.9. The van der Waals surface area contributed by atoms with Crippen molar-refractivity contribution in [3.63, 3.8) is 0 Å². The van der Waals surface area contributed by atoms with E-state index in [-0.39, 0.29) is 31.1 Å². The summed E-state index contributed by atoms with van der Waals surface area (Å²) in [5.74, 6) is -0.904. The molecule has 0 saturated heterocycles. The molecule has 0 fully saturated rings. The molecule has 1 atom stereocenters. The quantitative estimate of drug-likeness (QED) is 0.0261. The van der Waals surface area contributed by atoms with Gasteiger partial charge in [0.25, 0.3) is 0 Å². The maximum Gasteiger partial charge on any atom is 0.306 e. The molecule has 0 aliphatic rings. The first-order valence-electron chi connectivity index (χ1n) is 31.7. The Balaban J connectivity index is 4.39. The smallest absolute Gasteiger partial charge is 0.306 e. The minimum atomic E-state index is -0.792. The summed E-state index contributed by atoms with van der Waals surface area (Å²) >= 11 is 0. The number of hydrogen-bond acceptors (Lipinski definition) is 6. The lowest BCUT2D eigenvalue weighted by Crippen LogP contribution is -2.30. The average molecular weight is 1040 g/mol. The van der Waals surface area contributed by atoms with Crippen LogP contribution in [-0.2, 0) is 28.6 Å². The van der Waals surface area contributed by atoms with Gasteiger partial charge in [0.2, 0.25) is 0 Å². The molecule has 0 saturated carbocycles. The summed E-state index contributed by atoms with van der Waals surface area (Å²) in [7, 11) is 0. The molecule has 0 N–H and O–H groups in total. The Morgan fingerprint density at radius 1 is 0.280 bits per heavy atom. The molecule has 0 spiro atoms. The van der Waals surface area contributed by atoms with Gasteiger partial charge in [-0.1, -0.05) is 279 Å². The van der Waals surface area contributed by atoms with E-state index in [4.69, 9.17) is 14.2 Å². The van der Waals surface area contributed by atoms with Crippen LogP contribution < -0.4 is 0 Å². The van der Waals surface area contributed by atoms with E-state index in [1.807, 2.05) is 0 Å². The Hall–Kier alpha value is -3.67. The molecule has 6 nitrogen and oxygen atoms in total. The monoisotopic (exact) mass is 1040 g/mol. The van der Waals surface area contributed by atoms with E-state index >= 15 is 0 Å². The molecular weight excluding hydrogens is 925 g/mol. The number of esters is 3. The van der Waals surface area contributed by atoms with E-state index in [1.54, 1.807) is 0 Å². The second-order valence-corrected chi connectivity index (χ2v) is 20.9. The van der Waals surface area contributed by atoms with Gasteiger partial charge in [0.15, 0.2) is 6.10 Å². The second kappa shape index (κ2) is 62.9. The van der Waals surface area contributed by atoms with Crippen LogP contribution >= 0.6 is 0 Å². The third kappa shape index (κ3) is 61.1. The highest BCUT2D eigenvalue weighted by atomic mass is 16.6. The summed E-state index contributed by atoms with van der Waals surface area (Å²) < 4.78 is 16.9. The number of rotatable bonds is 57. The fraction of sp³-hybridized carbons (Fsp3) is 0.725. The first kappa shape index (κ1) is 71.3. The van der Waals surface area contributed by atoms with Crippen molar-refractivity contribution in [2.75, 3.05) is 13.2 Å². The van der Waals surface area contributed by atoms with Crippen LogP contribution in [0.5, 0.6) is 0 Å². The number of hydrogen-bond donors (Lipinski definition) is 0. The summed E-state index contributed by atoms with van der Waals surface area (Å²) in [6.45, 7) is 6.51. The van der Waals surface area contributed by atoms with Crippen molar-refractivity contribution in [1.29, 1.82) is 0 Å². The van der Waals surface area contributed by atoms with Crippen LogP contribution in [0.15, 0.2) is 97.2 Å². The summed E-state index contributed by atoms with van der Waals surface area (Å²) in [5.41, 5.74) is 0. The van der Waals surface area contributed by atoms with Gasteiger partial charge < -0.3 is 14.2 Å². The lowest BCUT2D eigenvalue weighted by atomic mass is 10.0. The maximum absolute atomic E-state index is 12.9. The van der Waals surface area contributed by atoms with Crippen molar-refractivity contribution < 1.29 is 28.6 Å². The van der Waals surface area contributed by atoms with Gasteiger partial charge in [-0.2, -0.15) is 0 Å². The predicted octanol–water partition coefficient (Wildman–Crippen LogP) is 21.7. The van der Waals surface area contributed by atoms with Crippen molar-refractivity contribution in [3.8, 4) is 0 Å². The molecule has 75 heavy (non-hydrogen) atoms. The molecule has 0 heterocycles. The van der Waals surface area contributed by atoms with E-state index in [2.05, 4.69) is 118 Å². The van der Waals surface area contributed by atoms with Crippen molar-refractivity contribution in [3.05, 3.63) is 97.2 Å². The molecule has 6 heteroatoms. The van der Waals surface area contributed by atoms with Crippen LogP contribution in [0.4, 0.5) is 0 Å². The molecule has 1 unspecified atom stereocenters. The minimum Gasteiger partial charge on any atom is -0.462 e. The van der Waals surface area contributed by atoms with Crippen LogP contribution in [-0.4, -0.2) is 37.2 Å². The molecule has 0 amide bonds. The topological polar surface area (TPSA) is 78.9 Å². The zero-order chi connectivity index (χ0) is 54.3. The molecule has 430 valence electrons. The van der Waals surface area contributed by atoms with Crippen LogP contribution in [0.2, 0.25) is 0 Å². The third-order valence-corrected chi connectivity index (χ3v) is 13.6. The Morgan fingerprint density at radius 3 is 0.827 bits per heavy atom. The molecule has 0 aliphatic carbocycles. The Morgan fingerprint density at radius 2 is 0.520 bits per heavy atom. The molecule has 0 bridgehead atoms. The van der Waals surface area contributed by atoms with Crippen molar-refractivity contribution >= 4 is 17.9 Å². The normalized spacial score (nSPS) is 12.7. The molecule has 0 aromatic heterocycles. The first-order chi connectivity index (χ1) is 37.0. The third-order valence-electron chi connectivity index (χ3n) is 13.6. The van der Waals surface area contributed by atoms with Crippen molar-refractivity contribution in [1.82, 2.24) is 0 Å². The van der Waals surface area contributed by atoms with Crippen LogP contribution in [0.3, 0.4) is 0 Å². The zero-order valence-electron chi connectivity index (χ0n) is 49.3. The van der Waals surface area contributed by atoms with Gasteiger partial charge in [-0.3, -0.25) is 14.4 Å². The van der Waals surface area contributed by atoms with E-state index in [9.17, 15) is 14.4 Å². The Bertz CT molecular complexity index is 1480. The highest BCUT2D eigenvalue weighted by Crippen LogP contribution is 2.16. The molecule has 0 radical (unpaired) electrons. The van der Waals surface area contributed by atoms with E-state index in [0.717, 1.165) is 135 Å². The average Bonchev–Trinajstić information content (AvgIpc) is 3.41. The Labute approximate surface area is 464 Å². The fourth-order valence-electron chi connectivity index (χ4n) is 8.83. The van der Waals surface area contributed by atoms with Gasteiger partial charge in [0.1, 0.15) is 13.2 Å². The van der Waals surface area contributed by atoms with E-state index < -0.39 is 6.10 Å². The number of unbranched alkanes of at least 4 members (excludes halogenated alkanes) is 30. The molecular formula is C69H118O6. The standard InChI is InChI=1S/C69H118O6/c1-4-7-10-13-16-19-22-25-28-31-32-33-34-35-36-37-38-39-42-44-47-50-53-56-59-62-68(71)74-65-66(75-69(72)63-60-57-54-51-48-45-41-30-27-24-21-18-15-12-9-6-3)64-73-67(70)61-58-55-52-49-46-43-40-29-26-23-20-17-14-11-8-5-2/h7,10,16,19,21,24-25,28,30,32-33,35-36,38-39,41,66H,4-6,8-9,11-15,17-18,20,22-23,26-27,29,31,34,37,40,42-65H2,1-3H3/b10-7-,19-16-,24-21-,28-25-,33-32-,36-35-,39-38-,41-30-. The number of ether oxygens (including phenoxy) is 3. The van der Waals surface area contributed by atoms with Crippen LogP contribution in [0, 0.1) is 0 Å². The zero-order valence-corrected chi connectivity index (χ0v) is 49.3. The SMILES string of the molecule is CC/C=C\C/C=C\C/C=C\C/C=C\C/C=C\C/C=C\CCCCCCCCC(=O)OCC(COC(=O)CCCCCCCCCCCCCCCCCC)OC(=O)CCCCCCC/C=C\C/C=C\CCCCCC. The fourth-order valence-corrected chi connectivity index (χ4v) is 8.83. The summed E-state index contributed by atoms with van der Waals surface area (Å²) in [6.07, 6.45) is 84.0.